The van der Waals surface area contributed by atoms with Crippen molar-refractivity contribution in [2.75, 3.05) is 11.1 Å². The molecule has 2 aromatic heterocycles. The van der Waals surface area contributed by atoms with Crippen molar-refractivity contribution in [1.29, 1.82) is 0 Å². The molecular weight excluding hydrogens is 258 g/mol. The molecule has 20 heavy (non-hydrogen) atoms. The SMILES string of the molecule is NC(=O)c1c(-c2ccnc3c2OC=CN3)ccnc1N. The predicted octanol–water partition coefficient (Wildman–Crippen LogP) is 1.10. The predicted molar refractivity (Wildman–Crippen MR) is 73.8 cm³/mol. The lowest BCUT2D eigenvalue weighted by Gasteiger charge is -2.17. The fourth-order valence-corrected chi connectivity index (χ4v) is 2.06. The van der Waals surface area contributed by atoms with Crippen molar-refractivity contribution in [3.8, 4) is 16.9 Å². The average Bonchev–Trinajstić information content (AvgIpc) is 2.46. The van der Waals surface area contributed by atoms with Crippen LogP contribution >= 0.6 is 0 Å². The maximum absolute atomic E-state index is 11.6. The number of nitrogen functional groups attached to an aromatic ring is 1. The lowest BCUT2D eigenvalue weighted by atomic mass is 10.00. The smallest absolute Gasteiger partial charge is 0.253 e. The Morgan fingerprint density at radius 1 is 1.20 bits per heavy atom. The number of nitrogens with zero attached hydrogens (tertiary/aromatic N) is 2. The minimum atomic E-state index is -0.643. The first kappa shape index (κ1) is 12.0. The van der Waals surface area contributed by atoms with Crippen LogP contribution in [0.25, 0.3) is 11.1 Å². The minimum Gasteiger partial charge on any atom is -0.459 e. The lowest BCUT2D eigenvalue weighted by Crippen LogP contribution is -2.16. The van der Waals surface area contributed by atoms with Gasteiger partial charge in [0.05, 0.1) is 5.56 Å². The van der Waals surface area contributed by atoms with E-state index in [2.05, 4.69) is 15.3 Å². The van der Waals surface area contributed by atoms with E-state index in [1.165, 1.54) is 12.5 Å². The summed E-state index contributed by atoms with van der Waals surface area (Å²) in [5.74, 6) is 0.495. The largest absolute Gasteiger partial charge is 0.459 e. The summed E-state index contributed by atoms with van der Waals surface area (Å²) in [6.45, 7) is 0. The molecule has 3 heterocycles. The van der Waals surface area contributed by atoms with Gasteiger partial charge in [0.2, 0.25) is 0 Å². The van der Waals surface area contributed by atoms with Gasteiger partial charge in [0, 0.05) is 29.7 Å². The minimum absolute atomic E-state index is 0.0832. The lowest BCUT2D eigenvalue weighted by molar-refractivity contribution is 0.100. The number of carbonyl (C=O) groups excluding carboxylic acids is 1. The number of amides is 1. The van der Waals surface area contributed by atoms with Crippen molar-refractivity contribution in [2.24, 2.45) is 5.73 Å². The van der Waals surface area contributed by atoms with Crippen LogP contribution in [0.5, 0.6) is 5.75 Å². The van der Waals surface area contributed by atoms with Gasteiger partial charge in [-0.3, -0.25) is 4.79 Å². The molecule has 3 rings (SSSR count). The number of carbonyl (C=O) groups is 1. The molecule has 0 bridgehead atoms. The van der Waals surface area contributed by atoms with E-state index in [-0.39, 0.29) is 11.4 Å². The Morgan fingerprint density at radius 2 is 1.95 bits per heavy atom. The zero-order valence-corrected chi connectivity index (χ0v) is 10.3. The van der Waals surface area contributed by atoms with E-state index in [1.807, 2.05) is 0 Å². The standard InChI is InChI=1S/C13H11N5O2/c14-11-9(12(15)19)7(1-3-16-11)8-2-4-17-13-10(8)20-6-5-18-13/h1-6H,(H2,14,16)(H2,15,19)(H,17,18). The molecule has 7 heteroatoms. The van der Waals surface area contributed by atoms with E-state index in [9.17, 15) is 4.79 Å². The number of nitrogens with two attached hydrogens (primary N) is 2. The number of pyridine rings is 2. The Balaban J connectivity index is 2.26. The zero-order chi connectivity index (χ0) is 14.1. The van der Waals surface area contributed by atoms with E-state index in [0.717, 1.165) is 0 Å². The molecule has 0 radical (unpaired) electrons. The number of rotatable bonds is 2. The first-order valence-electron chi connectivity index (χ1n) is 5.80. The summed E-state index contributed by atoms with van der Waals surface area (Å²) in [6, 6.07) is 3.38. The quantitative estimate of drug-likeness (QED) is 0.751. The normalized spacial score (nSPS) is 12.2. The van der Waals surface area contributed by atoms with Crippen LogP contribution in [-0.4, -0.2) is 15.9 Å². The summed E-state index contributed by atoms with van der Waals surface area (Å²) in [5, 5.41) is 2.96. The first-order valence-corrected chi connectivity index (χ1v) is 5.80. The number of hydrogen-bond donors (Lipinski definition) is 3. The second-order valence-corrected chi connectivity index (χ2v) is 4.08. The van der Waals surface area contributed by atoms with Crippen molar-refractivity contribution in [3.05, 3.63) is 42.6 Å². The third kappa shape index (κ3) is 1.81. The van der Waals surface area contributed by atoms with Crippen LogP contribution in [-0.2, 0) is 0 Å². The molecule has 0 saturated carbocycles. The number of fused-ring (bicyclic) bond motifs is 1. The van der Waals surface area contributed by atoms with Gasteiger partial charge in [0.1, 0.15) is 12.1 Å². The van der Waals surface area contributed by atoms with Crippen LogP contribution in [0.4, 0.5) is 11.6 Å². The summed E-state index contributed by atoms with van der Waals surface area (Å²) >= 11 is 0. The molecule has 100 valence electrons. The number of anilines is 2. The summed E-state index contributed by atoms with van der Waals surface area (Å²) in [5.41, 5.74) is 12.5. The average molecular weight is 269 g/mol. The highest BCUT2D eigenvalue weighted by Gasteiger charge is 2.20. The molecule has 0 spiro atoms. The van der Waals surface area contributed by atoms with Crippen LogP contribution in [0.2, 0.25) is 0 Å². The molecule has 1 aliphatic rings. The van der Waals surface area contributed by atoms with Crippen LogP contribution in [0.3, 0.4) is 0 Å². The molecule has 0 saturated heterocycles. The molecule has 1 amide bonds. The van der Waals surface area contributed by atoms with Gasteiger partial charge in [0.25, 0.3) is 5.91 Å². The fraction of sp³-hybridized carbons (Fsp3) is 0. The van der Waals surface area contributed by atoms with Gasteiger partial charge in [-0.15, -0.1) is 0 Å². The van der Waals surface area contributed by atoms with Crippen LogP contribution < -0.4 is 21.5 Å². The molecule has 2 aromatic rings. The number of ether oxygens (including phenoxy) is 1. The van der Waals surface area contributed by atoms with Gasteiger partial charge < -0.3 is 21.5 Å². The van der Waals surface area contributed by atoms with E-state index in [1.54, 1.807) is 24.5 Å². The van der Waals surface area contributed by atoms with E-state index in [0.29, 0.717) is 22.7 Å². The molecule has 0 unspecified atom stereocenters. The Bertz CT molecular complexity index is 727. The highest BCUT2D eigenvalue weighted by molar-refractivity contribution is 6.04. The monoisotopic (exact) mass is 269 g/mol. The van der Waals surface area contributed by atoms with Crippen LogP contribution in [0.15, 0.2) is 37.0 Å². The van der Waals surface area contributed by atoms with Crippen molar-refractivity contribution in [2.45, 2.75) is 0 Å². The molecule has 0 atom stereocenters. The highest BCUT2D eigenvalue weighted by atomic mass is 16.5. The maximum Gasteiger partial charge on any atom is 0.253 e. The van der Waals surface area contributed by atoms with Crippen LogP contribution in [0.1, 0.15) is 10.4 Å². The number of hydrogen-bond acceptors (Lipinski definition) is 6. The third-order valence-corrected chi connectivity index (χ3v) is 2.90. The summed E-state index contributed by atoms with van der Waals surface area (Å²) in [4.78, 5) is 19.6. The highest BCUT2D eigenvalue weighted by Crippen LogP contribution is 2.38. The van der Waals surface area contributed by atoms with Gasteiger partial charge >= 0.3 is 0 Å². The second-order valence-electron chi connectivity index (χ2n) is 4.08. The fourth-order valence-electron chi connectivity index (χ4n) is 2.06. The Kier molecular flexibility index (Phi) is 2.72. The van der Waals surface area contributed by atoms with Crippen LogP contribution in [0, 0.1) is 0 Å². The van der Waals surface area contributed by atoms with Gasteiger partial charge in [-0.2, -0.15) is 0 Å². The van der Waals surface area contributed by atoms with E-state index < -0.39 is 5.91 Å². The van der Waals surface area contributed by atoms with Gasteiger partial charge in [-0.25, -0.2) is 9.97 Å². The molecule has 1 aliphatic heterocycles. The summed E-state index contributed by atoms with van der Waals surface area (Å²) in [6.07, 6.45) is 6.22. The topological polar surface area (TPSA) is 116 Å². The van der Waals surface area contributed by atoms with Gasteiger partial charge in [-0.05, 0) is 12.1 Å². The summed E-state index contributed by atoms with van der Waals surface area (Å²) < 4.78 is 5.46. The van der Waals surface area contributed by atoms with E-state index >= 15 is 0 Å². The number of primary amides is 1. The molecular formula is C13H11N5O2. The maximum atomic E-state index is 11.6. The van der Waals surface area contributed by atoms with Gasteiger partial charge in [0.15, 0.2) is 11.6 Å². The van der Waals surface area contributed by atoms with Crippen molar-refractivity contribution < 1.29 is 9.53 Å². The Morgan fingerprint density at radius 3 is 2.75 bits per heavy atom. The molecule has 0 aliphatic carbocycles. The Hall–Kier alpha value is -3.09. The van der Waals surface area contributed by atoms with E-state index in [4.69, 9.17) is 16.2 Å². The first-order chi connectivity index (χ1) is 9.68. The molecule has 7 nitrogen and oxygen atoms in total. The third-order valence-electron chi connectivity index (χ3n) is 2.90. The second kappa shape index (κ2) is 4.54. The Labute approximate surface area is 114 Å². The molecule has 5 N–H and O–H groups in total. The zero-order valence-electron chi connectivity index (χ0n) is 10.3. The molecule has 0 fully saturated rings. The van der Waals surface area contributed by atoms with Crippen molar-refractivity contribution in [1.82, 2.24) is 9.97 Å². The van der Waals surface area contributed by atoms with Gasteiger partial charge in [-0.1, -0.05) is 0 Å². The summed E-state index contributed by atoms with van der Waals surface area (Å²) in [7, 11) is 0. The van der Waals surface area contributed by atoms with Crippen molar-refractivity contribution >= 4 is 17.5 Å². The number of aromatic nitrogens is 2. The molecule has 0 aromatic carbocycles. The number of nitrogens with one attached hydrogen (secondary N) is 1. The van der Waals surface area contributed by atoms with Crippen molar-refractivity contribution in [3.63, 3.8) is 0 Å².